The Morgan fingerprint density at radius 3 is 1.74 bits per heavy atom. The highest BCUT2D eigenvalue weighted by molar-refractivity contribution is 7.16. The van der Waals surface area contributed by atoms with Crippen molar-refractivity contribution in [1.82, 2.24) is 9.80 Å². The second-order valence-electron chi connectivity index (χ2n) is 10.0. The van der Waals surface area contributed by atoms with Crippen LogP contribution < -0.4 is 4.90 Å². The van der Waals surface area contributed by atoms with Gasteiger partial charge in [-0.3, -0.25) is 0 Å². The third-order valence-corrected chi connectivity index (χ3v) is 8.49. The third-order valence-electron chi connectivity index (χ3n) is 7.41. The zero-order chi connectivity index (χ0) is 31.5. The van der Waals surface area contributed by atoms with E-state index in [1.54, 1.807) is 6.92 Å². The molecule has 0 bridgehead atoms. The summed E-state index contributed by atoms with van der Waals surface area (Å²) in [5.74, 6) is 0. The summed E-state index contributed by atoms with van der Waals surface area (Å²) >= 11 is 1.19. The largest absolute Gasteiger partial charge is 0.378 e. The predicted octanol–water partition coefficient (Wildman–Crippen LogP) is 6.06. The maximum Gasteiger partial charge on any atom is 0.158 e. The van der Waals surface area contributed by atoms with Crippen LogP contribution in [0.4, 0.5) is 16.4 Å². The van der Waals surface area contributed by atoms with Crippen molar-refractivity contribution < 1.29 is 14.2 Å². The zero-order valence-corrected chi connectivity index (χ0v) is 27.7. The highest BCUT2D eigenvalue weighted by atomic mass is 32.1. The quantitative estimate of drug-likeness (QED) is 0.117. The van der Waals surface area contributed by atoms with E-state index in [4.69, 9.17) is 14.2 Å². The van der Waals surface area contributed by atoms with E-state index >= 15 is 0 Å². The molecule has 236 valence electrons. The molecule has 11 heteroatoms. The van der Waals surface area contributed by atoms with E-state index in [2.05, 4.69) is 70.8 Å². The van der Waals surface area contributed by atoms with Gasteiger partial charge in [0.05, 0.1) is 50.9 Å². The number of ether oxygens (including phenoxy) is 3. The number of hydrogen-bond donors (Lipinski definition) is 0. The van der Waals surface area contributed by atoms with Gasteiger partial charge in [-0.15, -0.1) is 21.6 Å². The van der Waals surface area contributed by atoms with Crippen LogP contribution in [0.1, 0.15) is 49.3 Å². The Kier molecular flexibility index (Phi) is 17.6. The second kappa shape index (κ2) is 20.9. The van der Waals surface area contributed by atoms with Crippen LogP contribution in [0.3, 0.4) is 0 Å². The van der Waals surface area contributed by atoms with Crippen molar-refractivity contribution >= 4 is 27.7 Å². The van der Waals surface area contributed by atoms with Crippen LogP contribution in [0.25, 0.3) is 0 Å². The lowest BCUT2D eigenvalue weighted by Crippen LogP contribution is -2.32. The van der Waals surface area contributed by atoms with E-state index in [9.17, 15) is 10.5 Å². The number of aryl methyl sites for hydroxylation is 1. The smallest absolute Gasteiger partial charge is 0.158 e. The summed E-state index contributed by atoms with van der Waals surface area (Å²) in [5.41, 5.74) is 3.79. The van der Waals surface area contributed by atoms with E-state index in [1.165, 1.54) is 11.3 Å². The van der Waals surface area contributed by atoms with Crippen LogP contribution in [0, 0.1) is 36.5 Å². The summed E-state index contributed by atoms with van der Waals surface area (Å²) < 4.78 is 17.6. The first-order chi connectivity index (χ1) is 20.9. The summed E-state index contributed by atoms with van der Waals surface area (Å²) in [7, 11) is 0. The summed E-state index contributed by atoms with van der Waals surface area (Å²) in [4.78, 5) is 7.45. The molecular weight excluding hydrogens is 562 g/mol. The number of rotatable bonds is 22. The van der Waals surface area contributed by atoms with Gasteiger partial charge in [0.15, 0.2) is 5.00 Å². The summed E-state index contributed by atoms with van der Waals surface area (Å²) in [6.07, 6.45) is 0. The molecule has 10 nitrogen and oxygen atoms in total. The predicted molar refractivity (Wildman–Crippen MR) is 174 cm³/mol. The van der Waals surface area contributed by atoms with Gasteiger partial charge >= 0.3 is 0 Å². The van der Waals surface area contributed by atoms with Crippen molar-refractivity contribution in [2.75, 3.05) is 96.9 Å². The van der Waals surface area contributed by atoms with Gasteiger partial charge in [0.25, 0.3) is 0 Å². The van der Waals surface area contributed by atoms with E-state index in [1.807, 2.05) is 19.1 Å². The van der Waals surface area contributed by atoms with Gasteiger partial charge in [0.2, 0.25) is 0 Å². The number of nitrogens with zero attached hydrogens (tertiary/aromatic N) is 7. The fourth-order valence-electron chi connectivity index (χ4n) is 4.47. The van der Waals surface area contributed by atoms with Gasteiger partial charge in [-0.1, -0.05) is 27.7 Å². The Morgan fingerprint density at radius 2 is 1.26 bits per heavy atom. The van der Waals surface area contributed by atoms with Gasteiger partial charge in [-0.05, 0) is 69.4 Å². The highest BCUT2D eigenvalue weighted by Crippen LogP contribution is 2.36. The Labute approximate surface area is 262 Å². The van der Waals surface area contributed by atoms with E-state index in [-0.39, 0.29) is 0 Å². The molecule has 0 fully saturated rings. The Balaban J connectivity index is 2.00. The molecule has 0 aliphatic rings. The van der Waals surface area contributed by atoms with Crippen molar-refractivity contribution in [3.63, 3.8) is 0 Å². The second-order valence-corrected chi connectivity index (χ2v) is 11.0. The van der Waals surface area contributed by atoms with Gasteiger partial charge in [-0.25, -0.2) is 0 Å². The number of anilines is 1. The normalized spacial score (nSPS) is 11.5. The van der Waals surface area contributed by atoms with Crippen LogP contribution in [-0.4, -0.2) is 102 Å². The highest BCUT2D eigenvalue weighted by Gasteiger charge is 2.15. The Bertz CT molecular complexity index is 1200. The lowest BCUT2D eigenvalue weighted by molar-refractivity contribution is 0.0413. The average Bonchev–Trinajstić information content (AvgIpc) is 3.34. The summed E-state index contributed by atoms with van der Waals surface area (Å²) in [6, 6.07) is 10.3. The van der Waals surface area contributed by atoms with Crippen molar-refractivity contribution in [2.45, 2.75) is 41.5 Å². The van der Waals surface area contributed by atoms with Crippen molar-refractivity contribution in [3.8, 4) is 12.1 Å². The van der Waals surface area contributed by atoms with Crippen molar-refractivity contribution in [2.24, 2.45) is 10.2 Å². The van der Waals surface area contributed by atoms with Crippen LogP contribution in [0.2, 0.25) is 0 Å². The standard InChI is InChI=1S/C32H49N7O3S/c1-7-37(8-2)13-17-40-19-15-39(16-20-42-22-21-41-18-14-38(9-3)10-4)28-11-12-30(26(5)23-28)35-36-32-29(24-33)27(6)31(25-34)43-32/h11-12,23H,7-10,13-22H2,1-6H3/b36-35+. The molecule has 0 saturated carbocycles. The fourth-order valence-corrected chi connectivity index (χ4v) is 5.34. The lowest BCUT2D eigenvalue weighted by Gasteiger charge is -2.26. The zero-order valence-electron chi connectivity index (χ0n) is 26.9. The first kappa shape index (κ1) is 36.3. The number of benzene rings is 1. The molecule has 0 spiro atoms. The molecular formula is C32H49N7O3S. The monoisotopic (exact) mass is 611 g/mol. The molecule has 1 aromatic carbocycles. The van der Waals surface area contributed by atoms with E-state index in [0.717, 1.165) is 63.6 Å². The first-order valence-corrected chi connectivity index (χ1v) is 16.1. The molecule has 2 rings (SSSR count). The number of thiophene rings is 1. The van der Waals surface area contributed by atoms with Crippen LogP contribution in [0.5, 0.6) is 0 Å². The maximum absolute atomic E-state index is 9.50. The molecule has 2 aromatic rings. The minimum Gasteiger partial charge on any atom is -0.378 e. The van der Waals surface area contributed by atoms with Gasteiger partial charge < -0.3 is 28.9 Å². The molecule has 0 amide bonds. The van der Waals surface area contributed by atoms with Crippen LogP contribution >= 0.6 is 11.3 Å². The third kappa shape index (κ3) is 12.3. The van der Waals surface area contributed by atoms with E-state index < -0.39 is 0 Å². The molecule has 43 heavy (non-hydrogen) atoms. The first-order valence-electron chi connectivity index (χ1n) is 15.3. The Morgan fingerprint density at radius 1 is 0.721 bits per heavy atom. The summed E-state index contributed by atoms with van der Waals surface area (Å²) in [5, 5.41) is 28.0. The SMILES string of the molecule is CCN(CC)CCOCCOCCN(CCOCCN(CC)CC)c1ccc(/N=N/c2sc(C#N)c(C)c2C#N)c(C)c1. The summed E-state index contributed by atoms with van der Waals surface area (Å²) in [6.45, 7) is 23.6. The molecule has 0 N–H and O–H groups in total. The minimum absolute atomic E-state index is 0.404. The minimum atomic E-state index is 0.404. The lowest BCUT2D eigenvalue weighted by atomic mass is 10.1. The molecule has 1 heterocycles. The number of nitriles is 2. The maximum atomic E-state index is 9.50. The van der Waals surface area contributed by atoms with Crippen LogP contribution in [0.15, 0.2) is 28.4 Å². The van der Waals surface area contributed by atoms with Gasteiger partial charge in [0, 0.05) is 31.9 Å². The van der Waals surface area contributed by atoms with Crippen molar-refractivity contribution in [1.29, 1.82) is 10.5 Å². The number of hydrogen-bond acceptors (Lipinski definition) is 11. The molecule has 0 aliphatic heterocycles. The van der Waals surface area contributed by atoms with Crippen molar-refractivity contribution in [3.05, 3.63) is 39.8 Å². The molecule has 0 saturated heterocycles. The van der Waals surface area contributed by atoms with Crippen LogP contribution in [-0.2, 0) is 14.2 Å². The topological polar surface area (TPSA) is 110 Å². The number of azo groups is 1. The number of likely N-dealkylation sites (N-methyl/N-ethyl adjacent to an activating group) is 2. The molecule has 1 aromatic heterocycles. The molecule has 0 radical (unpaired) electrons. The Hall–Kier alpha value is -2.90. The van der Waals surface area contributed by atoms with Gasteiger partial charge in [-0.2, -0.15) is 10.5 Å². The fraction of sp³-hybridized carbons (Fsp3) is 0.625. The molecule has 0 unspecified atom stereocenters. The molecule has 0 aliphatic carbocycles. The van der Waals surface area contributed by atoms with E-state index in [0.29, 0.717) is 66.3 Å². The average molecular weight is 612 g/mol. The molecule has 0 atom stereocenters. The van der Waals surface area contributed by atoms with Gasteiger partial charge in [0.1, 0.15) is 17.0 Å².